The van der Waals surface area contributed by atoms with Crippen LogP contribution >= 0.6 is 0 Å². The van der Waals surface area contributed by atoms with Crippen molar-refractivity contribution in [3.8, 4) is 11.1 Å². The van der Waals surface area contributed by atoms with Crippen molar-refractivity contribution in [3.05, 3.63) is 90.5 Å². The molecular formula is C27H31N3O5S. The number of benzene rings is 3. The van der Waals surface area contributed by atoms with Gasteiger partial charge in [-0.2, -0.15) is 4.72 Å². The van der Waals surface area contributed by atoms with Gasteiger partial charge in [0.15, 0.2) is 0 Å². The van der Waals surface area contributed by atoms with Crippen LogP contribution in [0.2, 0.25) is 0 Å². The molecule has 0 bridgehead atoms. The van der Waals surface area contributed by atoms with E-state index in [4.69, 9.17) is 5.21 Å². The smallest absolute Gasteiger partial charge is 0.266 e. The van der Waals surface area contributed by atoms with Gasteiger partial charge in [-0.15, -0.1) is 0 Å². The van der Waals surface area contributed by atoms with Gasteiger partial charge in [-0.1, -0.05) is 93.1 Å². The summed E-state index contributed by atoms with van der Waals surface area (Å²) in [4.78, 5) is 25.4. The molecule has 0 aromatic heterocycles. The van der Waals surface area contributed by atoms with Crippen LogP contribution in [-0.4, -0.2) is 37.5 Å². The number of hydrogen-bond acceptors (Lipinski definition) is 5. The normalized spacial score (nSPS) is 13.9. The van der Waals surface area contributed by atoms with Gasteiger partial charge in [0.1, 0.15) is 12.1 Å². The van der Waals surface area contributed by atoms with Gasteiger partial charge in [-0.25, -0.2) is 13.9 Å². The highest BCUT2D eigenvalue weighted by atomic mass is 32.2. The summed E-state index contributed by atoms with van der Waals surface area (Å²) in [5.74, 6) is -1.73. The first-order valence-corrected chi connectivity index (χ1v) is 13.2. The second-order valence-electron chi connectivity index (χ2n) is 8.60. The van der Waals surface area contributed by atoms with Gasteiger partial charge in [-0.3, -0.25) is 14.8 Å². The Hall–Kier alpha value is -3.53. The molecule has 2 amide bonds. The van der Waals surface area contributed by atoms with E-state index in [9.17, 15) is 18.0 Å². The quantitative estimate of drug-likeness (QED) is 0.233. The summed E-state index contributed by atoms with van der Waals surface area (Å²) in [6.07, 6.45) is 0.628. The fraction of sp³-hybridized carbons (Fsp3) is 0.259. The van der Waals surface area contributed by atoms with Crippen LogP contribution in [0.15, 0.2) is 89.8 Å². The summed E-state index contributed by atoms with van der Waals surface area (Å²) < 4.78 is 29.0. The van der Waals surface area contributed by atoms with Crippen LogP contribution in [0, 0.1) is 5.92 Å². The van der Waals surface area contributed by atoms with Gasteiger partial charge in [-0.05, 0) is 41.2 Å². The molecule has 0 unspecified atom stereocenters. The van der Waals surface area contributed by atoms with E-state index in [2.05, 4.69) is 10.0 Å². The monoisotopic (exact) mass is 509 g/mol. The molecule has 3 rings (SSSR count). The van der Waals surface area contributed by atoms with E-state index < -0.39 is 33.9 Å². The molecule has 0 aliphatic carbocycles. The molecule has 3 atom stereocenters. The van der Waals surface area contributed by atoms with Crippen LogP contribution in [0.5, 0.6) is 0 Å². The van der Waals surface area contributed by atoms with Crippen LogP contribution in [-0.2, 0) is 26.0 Å². The van der Waals surface area contributed by atoms with E-state index in [1.165, 1.54) is 12.1 Å². The number of carbonyl (C=O) groups excluding carboxylic acids is 2. The predicted molar refractivity (Wildman–Crippen MR) is 137 cm³/mol. The van der Waals surface area contributed by atoms with Gasteiger partial charge in [0, 0.05) is 0 Å². The van der Waals surface area contributed by atoms with Crippen molar-refractivity contribution < 1.29 is 23.2 Å². The van der Waals surface area contributed by atoms with Crippen LogP contribution in [0.1, 0.15) is 25.8 Å². The van der Waals surface area contributed by atoms with Crippen molar-refractivity contribution in [2.24, 2.45) is 5.92 Å². The number of hydrogen-bond donors (Lipinski definition) is 4. The highest BCUT2D eigenvalue weighted by Crippen LogP contribution is 2.21. The molecule has 4 N–H and O–H groups in total. The Morgan fingerprint density at radius 3 is 1.94 bits per heavy atom. The molecule has 9 heteroatoms. The maximum absolute atomic E-state index is 13.2. The Balaban J connectivity index is 1.86. The molecule has 3 aromatic carbocycles. The van der Waals surface area contributed by atoms with Crippen molar-refractivity contribution in [3.63, 3.8) is 0 Å². The average molecular weight is 510 g/mol. The first-order chi connectivity index (χ1) is 17.2. The molecule has 8 nitrogen and oxygen atoms in total. The Bertz CT molecular complexity index is 1250. The predicted octanol–water partition coefficient (Wildman–Crippen LogP) is 3.28. The van der Waals surface area contributed by atoms with Gasteiger partial charge in [0.2, 0.25) is 15.9 Å². The first kappa shape index (κ1) is 27.1. The number of carbonyl (C=O) groups is 2. The molecular weight excluding hydrogens is 478 g/mol. The maximum Gasteiger partial charge on any atom is 0.266 e. The van der Waals surface area contributed by atoms with Crippen LogP contribution in [0.25, 0.3) is 11.1 Å². The molecule has 0 aliphatic rings. The van der Waals surface area contributed by atoms with E-state index in [0.29, 0.717) is 6.42 Å². The summed E-state index contributed by atoms with van der Waals surface area (Å²) in [6.45, 7) is 3.60. The Kier molecular flexibility index (Phi) is 9.35. The molecule has 0 saturated carbocycles. The molecule has 0 heterocycles. The molecule has 3 aromatic rings. The van der Waals surface area contributed by atoms with Crippen molar-refractivity contribution in [2.45, 2.75) is 43.7 Å². The average Bonchev–Trinajstić information content (AvgIpc) is 2.91. The highest BCUT2D eigenvalue weighted by Gasteiger charge is 2.31. The zero-order valence-electron chi connectivity index (χ0n) is 20.2. The largest absolute Gasteiger partial charge is 0.343 e. The molecule has 0 saturated heterocycles. The second kappa shape index (κ2) is 12.4. The lowest BCUT2D eigenvalue weighted by Gasteiger charge is -2.25. The zero-order valence-corrected chi connectivity index (χ0v) is 21.0. The minimum absolute atomic E-state index is 0.0135. The topological polar surface area (TPSA) is 125 Å². The van der Waals surface area contributed by atoms with Gasteiger partial charge in [0.25, 0.3) is 5.91 Å². The number of amides is 2. The van der Waals surface area contributed by atoms with Crippen molar-refractivity contribution in [1.29, 1.82) is 0 Å². The zero-order chi connectivity index (χ0) is 26.1. The molecule has 0 radical (unpaired) electrons. The number of nitrogens with one attached hydrogen (secondary N) is 3. The van der Waals surface area contributed by atoms with E-state index in [1.54, 1.807) is 48.8 Å². The third-order valence-corrected chi connectivity index (χ3v) is 7.56. The van der Waals surface area contributed by atoms with E-state index >= 15 is 0 Å². The Morgan fingerprint density at radius 2 is 1.39 bits per heavy atom. The van der Waals surface area contributed by atoms with Gasteiger partial charge < -0.3 is 5.32 Å². The Labute approximate surface area is 211 Å². The summed E-state index contributed by atoms with van der Waals surface area (Å²) >= 11 is 0. The van der Waals surface area contributed by atoms with Crippen molar-refractivity contribution in [2.75, 3.05) is 0 Å². The van der Waals surface area contributed by atoms with Gasteiger partial charge in [0.05, 0.1) is 4.90 Å². The number of hydroxylamine groups is 1. The van der Waals surface area contributed by atoms with Crippen LogP contribution in [0.4, 0.5) is 0 Å². The fourth-order valence-corrected chi connectivity index (χ4v) is 4.97. The third kappa shape index (κ3) is 7.00. The second-order valence-corrected chi connectivity index (χ2v) is 10.3. The third-order valence-electron chi connectivity index (χ3n) is 6.07. The minimum Gasteiger partial charge on any atom is -0.343 e. The van der Waals surface area contributed by atoms with Crippen LogP contribution in [0.3, 0.4) is 0 Å². The summed E-state index contributed by atoms with van der Waals surface area (Å²) in [7, 11) is -4.07. The van der Waals surface area contributed by atoms with Crippen molar-refractivity contribution >= 4 is 21.8 Å². The van der Waals surface area contributed by atoms with E-state index in [0.717, 1.165) is 16.7 Å². The molecule has 0 spiro atoms. The fourth-order valence-electron chi connectivity index (χ4n) is 3.78. The lowest BCUT2D eigenvalue weighted by molar-refractivity contribution is -0.136. The Morgan fingerprint density at radius 1 is 0.833 bits per heavy atom. The van der Waals surface area contributed by atoms with Gasteiger partial charge >= 0.3 is 0 Å². The number of rotatable bonds is 11. The first-order valence-electron chi connectivity index (χ1n) is 11.7. The SMILES string of the molecule is CC[C@H](C)[C@H](NC(=O)[C@H](Cc1ccccc1)NS(=O)(=O)c1ccc(-c2ccccc2)cc1)C(=O)NO. The molecule has 190 valence electrons. The van der Waals surface area contributed by atoms with E-state index in [1.807, 2.05) is 43.3 Å². The number of sulfonamides is 1. The van der Waals surface area contributed by atoms with Crippen LogP contribution < -0.4 is 15.5 Å². The lowest BCUT2D eigenvalue weighted by atomic mass is 9.97. The molecule has 0 fully saturated rings. The lowest BCUT2D eigenvalue weighted by Crippen LogP contribution is -2.56. The maximum atomic E-state index is 13.2. The molecule has 36 heavy (non-hydrogen) atoms. The standard InChI is InChI=1S/C27H31N3O5S/c1-3-19(2)25(27(32)29-33)28-26(31)24(18-20-10-6-4-7-11-20)30-36(34,35)23-16-14-22(15-17-23)21-12-8-5-9-13-21/h4-17,19,24-25,30,33H,3,18H2,1-2H3,(H,28,31)(H,29,32)/t19-,24-,25-/m0/s1. The van der Waals surface area contributed by atoms with E-state index in [-0.39, 0.29) is 17.2 Å². The molecule has 0 aliphatic heterocycles. The summed E-state index contributed by atoms with van der Waals surface area (Å²) in [5.41, 5.74) is 4.13. The summed E-state index contributed by atoms with van der Waals surface area (Å²) in [5, 5.41) is 11.7. The highest BCUT2D eigenvalue weighted by molar-refractivity contribution is 7.89. The van der Waals surface area contributed by atoms with Crippen molar-refractivity contribution in [1.82, 2.24) is 15.5 Å². The minimum atomic E-state index is -4.07. The summed E-state index contributed by atoms with van der Waals surface area (Å²) in [6, 6.07) is 22.7.